The van der Waals surface area contributed by atoms with Crippen LogP contribution in [0.1, 0.15) is 6.92 Å². The highest BCUT2D eigenvalue weighted by atomic mass is 35.5. The van der Waals surface area contributed by atoms with Crippen LogP contribution in [-0.2, 0) is 16.1 Å². The largest absolute Gasteiger partial charge is 0.465 e. The fourth-order valence-corrected chi connectivity index (χ4v) is 1.89. The lowest BCUT2D eigenvalue weighted by atomic mass is 10.2. The number of nitrogens with zero attached hydrogens (tertiary/aromatic N) is 2. The lowest BCUT2D eigenvalue weighted by Crippen LogP contribution is -2.28. The van der Waals surface area contributed by atoms with Gasteiger partial charge in [-0.1, -0.05) is 29.8 Å². The van der Waals surface area contributed by atoms with Crippen molar-refractivity contribution >= 4 is 28.3 Å². The molecule has 0 aliphatic heterocycles. The second kappa shape index (κ2) is 5.18. The Balaban J connectivity index is 2.50. The zero-order valence-electron chi connectivity index (χ0n) is 9.72. The molecular formula is C12H11ClN2O3. The lowest BCUT2D eigenvalue weighted by molar-refractivity contribution is -0.144. The Morgan fingerprint density at radius 3 is 2.72 bits per heavy atom. The Bertz CT molecular complexity index is 651. The number of fused-ring (bicyclic) bond motifs is 1. The van der Waals surface area contributed by atoms with E-state index in [4.69, 9.17) is 16.3 Å². The van der Waals surface area contributed by atoms with Crippen LogP contribution < -0.4 is 5.56 Å². The average Bonchev–Trinajstić information content (AvgIpc) is 2.36. The molecule has 5 nitrogen and oxygen atoms in total. The molecule has 0 bridgehead atoms. The van der Waals surface area contributed by atoms with E-state index < -0.39 is 5.97 Å². The molecule has 0 spiro atoms. The van der Waals surface area contributed by atoms with Crippen molar-refractivity contribution in [3.8, 4) is 0 Å². The number of halogens is 1. The highest BCUT2D eigenvalue weighted by Crippen LogP contribution is 2.17. The van der Waals surface area contributed by atoms with Crippen molar-refractivity contribution in [3.63, 3.8) is 0 Å². The van der Waals surface area contributed by atoms with Gasteiger partial charge >= 0.3 is 5.97 Å². The minimum atomic E-state index is -0.515. The van der Waals surface area contributed by atoms with Gasteiger partial charge in [0.05, 0.1) is 12.0 Å². The van der Waals surface area contributed by atoms with Crippen LogP contribution in [0.2, 0.25) is 5.15 Å². The molecule has 0 saturated carbocycles. The molecule has 2 rings (SSSR count). The van der Waals surface area contributed by atoms with Crippen LogP contribution in [0.25, 0.3) is 10.8 Å². The standard InChI is InChI=1S/C12H11ClN2O3/c1-2-18-10(16)7-15-12(17)9-6-4-3-5-8(9)11(13)14-15/h3-6H,2,7H2,1H3. The number of benzene rings is 1. The van der Waals surface area contributed by atoms with Crippen LogP contribution in [0.4, 0.5) is 0 Å². The Morgan fingerprint density at radius 1 is 1.39 bits per heavy atom. The molecule has 0 N–H and O–H groups in total. The number of carbonyl (C=O) groups is 1. The molecule has 0 saturated heterocycles. The highest BCUT2D eigenvalue weighted by molar-refractivity contribution is 6.34. The quantitative estimate of drug-likeness (QED) is 0.792. The topological polar surface area (TPSA) is 61.2 Å². The fraction of sp³-hybridized carbons (Fsp3) is 0.250. The maximum Gasteiger partial charge on any atom is 0.327 e. The van der Waals surface area contributed by atoms with E-state index in [1.807, 2.05) is 0 Å². The van der Waals surface area contributed by atoms with Gasteiger partial charge in [0.15, 0.2) is 5.15 Å². The molecule has 94 valence electrons. The van der Waals surface area contributed by atoms with Gasteiger partial charge in [-0.2, -0.15) is 5.10 Å². The summed E-state index contributed by atoms with van der Waals surface area (Å²) < 4.78 is 5.79. The molecule has 1 aromatic heterocycles. The number of hydrogen-bond acceptors (Lipinski definition) is 4. The third kappa shape index (κ3) is 2.36. The third-order valence-electron chi connectivity index (χ3n) is 2.41. The molecule has 0 unspecified atom stereocenters. The van der Waals surface area contributed by atoms with Crippen LogP contribution in [0.3, 0.4) is 0 Å². The summed E-state index contributed by atoms with van der Waals surface area (Å²) in [6.45, 7) is 1.72. The van der Waals surface area contributed by atoms with Crippen LogP contribution >= 0.6 is 11.6 Å². The van der Waals surface area contributed by atoms with Crippen molar-refractivity contribution in [2.45, 2.75) is 13.5 Å². The number of hydrogen-bond donors (Lipinski definition) is 0. The van der Waals surface area contributed by atoms with Gasteiger partial charge in [0.1, 0.15) is 6.54 Å². The van der Waals surface area contributed by atoms with Crippen molar-refractivity contribution in [2.75, 3.05) is 6.61 Å². The maximum absolute atomic E-state index is 12.1. The summed E-state index contributed by atoms with van der Waals surface area (Å²) in [5, 5.41) is 5.09. The van der Waals surface area contributed by atoms with E-state index in [2.05, 4.69) is 5.10 Å². The number of carbonyl (C=O) groups excluding carboxylic acids is 1. The summed E-state index contributed by atoms with van der Waals surface area (Å²) in [7, 11) is 0. The lowest BCUT2D eigenvalue weighted by Gasteiger charge is -2.07. The van der Waals surface area contributed by atoms with E-state index in [0.717, 1.165) is 4.68 Å². The van der Waals surface area contributed by atoms with Crippen molar-refractivity contribution in [1.82, 2.24) is 9.78 Å². The van der Waals surface area contributed by atoms with Crippen LogP contribution in [-0.4, -0.2) is 22.4 Å². The van der Waals surface area contributed by atoms with Crippen LogP contribution in [0, 0.1) is 0 Å². The summed E-state index contributed by atoms with van der Waals surface area (Å²) in [5.74, 6) is -0.515. The van der Waals surface area contributed by atoms with Crippen molar-refractivity contribution in [3.05, 3.63) is 39.8 Å². The molecule has 0 atom stereocenters. The van der Waals surface area contributed by atoms with Crippen molar-refractivity contribution < 1.29 is 9.53 Å². The minimum Gasteiger partial charge on any atom is -0.465 e. The minimum absolute atomic E-state index is 0.189. The Hall–Kier alpha value is -1.88. The average molecular weight is 267 g/mol. The van der Waals surface area contributed by atoms with E-state index in [-0.39, 0.29) is 23.9 Å². The van der Waals surface area contributed by atoms with Gasteiger partial charge in [-0.05, 0) is 13.0 Å². The highest BCUT2D eigenvalue weighted by Gasteiger charge is 2.11. The molecule has 0 aliphatic rings. The third-order valence-corrected chi connectivity index (χ3v) is 2.69. The van der Waals surface area contributed by atoms with E-state index >= 15 is 0 Å². The normalized spacial score (nSPS) is 10.6. The van der Waals surface area contributed by atoms with Gasteiger partial charge in [-0.3, -0.25) is 9.59 Å². The van der Waals surface area contributed by atoms with Gasteiger partial charge in [-0.15, -0.1) is 0 Å². The van der Waals surface area contributed by atoms with Crippen LogP contribution in [0.15, 0.2) is 29.1 Å². The van der Waals surface area contributed by atoms with Gasteiger partial charge in [0.25, 0.3) is 5.56 Å². The first-order chi connectivity index (χ1) is 8.63. The van der Waals surface area contributed by atoms with E-state index in [1.54, 1.807) is 31.2 Å². The summed E-state index contributed by atoms with van der Waals surface area (Å²) in [5.41, 5.74) is -0.358. The number of esters is 1. The zero-order valence-corrected chi connectivity index (χ0v) is 10.5. The molecule has 0 aliphatic carbocycles. The first-order valence-corrected chi connectivity index (χ1v) is 5.82. The number of aromatic nitrogens is 2. The maximum atomic E-state index is 12.1. The Labute approximate surface area is 108 Å². The van der Waals surface area contributed by atoms with Crippen molar-refractivity contribution in [1.29, 1.82) is 0 Å². The first kappa shape index (κ1) is 12.6. The second-order valence-corrected chi connectivity index (χ2v) is 3.96. The summed E-state index contributed by atoms with van der Waals surface area (Å²) in [6, 6.07) is 6.85. The van der Waals surface area contributed by atoms with Gasteiger partial charge in [-0.25, -0.2) is 4.68 Å². The Kier molecular flexibility index (Phi) is 3.62. The molecule has 18 heavy (non-hydrogen) atoms. The van der Waals surface area contributed by atoms with E-state index in [1.165, 1.54) is 0 Å². The monoisotopic (exact) mass is 266 g/mol. The number of ether oxygens (including phenoxy) is 1. The van der Waals surface area contributed by atoms with E-state index in [0.29, 0.717) is 10.8 Å². The molecule has 0 amide bonds. The van der Waals surface area contributed by atoms with E-state index in [9.17, 15) is 9.59 Å². The first-order valence-electron chi connectivity index (χ1n) is 5.44. The molecule has 0 fully saturated rings. The second-order valence-electron chi connectivity index (χ2n) is 3.60. The van der Waals surface area contributed by atoms with Gasteiger partial charge in [0, 0.05) is 5.39 Å². The molecule has 1 aromatic carbocycles. The molecule has 6 heteroatoms. The van der Waals surface area contributed by atoms with Crippen LogP contribution in [0.5, 0.6) is 0 Å². The SMILES string of the molecule is CCOC(=O)Cn1nc(Cl)c2ccccc2c1=O. The van der Waals surface area contributed by atoms with Gasteiger partial charge < -0.3 is 4.74 Å². The van der Waals surface area contributed by atoms with Crippen molar-refractivity contribution in [2.24, 2.45) is 0 Å². The molecule has 0 radical (unpaired) electrons. The smallest absolute Gasteiger partial charge is 0.327 e. The van der Waals surface area contributed by atoms with Gasteiger partial charge in [0.2, 0.25) is 0 Å². The fourth-order valence-electron chi connectivity index (χ4n) is 1.63. The predicted molar refractivity (Wildman–Crippen MR) is 67.6 cm³/mol. The number of rotatable bonds is 3. The molecule has 2 aromatic rings. The summed E-state index contributed by atoms with van der Waals surface area (Å²) >= 11 is 5.97. The Morgan fingerprint density at radius 2 is 2.06 bits per heavy atom. The molecule has 1 heterocycles. The summed E-state index contributed by atoms with van der Waals surface area (Å²) in [4.78, 5) is 23.4. The predicted octanol–water partition coefficient (Wildman–Crippen LogP) is 1.61. The summed E-state index contributed by atoms with van der Waals surface area (Å²) in [6.07, 6.45) is 0. The molecular weight excluding hydrogens is 256 g/mol. The zero-order chi connectivity index (χ0) is 13.1.